The van der Waals surface area contributed by atoms with E-state index in [-0.39, 0.29) is 5.91 Å². The first-order chi connectivity index (χ1) is 15.1. The van der Waals surface area contributed by atoms with Gasteiger partial charge in [0.2, 0.25) is 0 Å². The molecule has 8 heteroatoms. The summed E-state index contributed by atoms with van der Waals surface area (Å²) in [5.74, 6) is 0.699. The largest absolute Gasteiger partial charge is 0.379 e. The van der Waals surface area contributed by atoms with Crippen molar-refractivity contribution in [3.63, 3.8) is 0 Å². The highest BCUT2D eigenvalue weighted by Crippen LogP contribution is 2.25. The molecule has 0 spiro atoms. The van der Waals surface area contributed by atoms with Crippen LogP contribution in [0.3, 0.4) is 0 Å². The summed E-state index contributed by atoms with van der Waals surface area (Å²) < 4.78 is 5.40. The van der Waals surface area contributed by atoms with E-state index < -0.39 is 0 Å². The quantitative estimate of drug-likeness (QED) is 0.496. The first-order valence-corrected chi connectivity index (χ1v) is 11.1. The smallest absolute Gasteiger partial charge is 0.275 e. The van der Waals surface area contributed by atoms with Crippen LogP contribution in [0.1, 0.15) is 21.9 Å². The molecule has 2 aromatic carbocycles. The van der Waals surface area contributed by atoms with Crippen molar-refractivity contribution < 1.29 is 9.53 Å². The predicted octanol–water partition coefficient (Wildman–Crippen LogP) is 4.08. The number of thiazole rings is 1. The van der Waals surface area contributed by atoms with Gasteiger partial charge in [0.25, 0.3) is 5.91 Å². The van der Waals surface area contributed by atoms with Crippen LogP contribution in [0.2, 0.25) is 0 Å². The molecule has 0 saturated carbocycles. The molecule has 1 saturated heterocycles. The summed E-state index contributed by atoms with van der Waals surface area (Å²) in [5, 5.41) is 5.57. The van der Waals surface area contributed by atoms with Gasteiger partial charge in [-0.2, -0.15) is 0 Å². The Morgan fingerprint density at radius 1 is 1.16 bits per heavy atom. The van der Waals surface area contributed by atoms with Crippen molar-refractivity contribution in [2.75, 3.05) is 31.6 Å². The molecular weight excluding hydrogens is 410 g/mol. The number of benzene rings is 2. The third-order valence-corrected chi connectivity index (χ3v) is 6.19. The minimum atomic E-state index is -0.220. The average molecular weight is 434 g/mol. The fourth-order valence-electron chi connectivity index (χ4n) is 3.59. The van der Waals surface area contributed by atoms with Crippen molar-refractivity contribution in [2.45, 2.75) is 13.5 Å². The number of hydrogen-bond acceptors (Lipinski definition) is 6. The fourth-order valence-corrected chi connectivity index (χ4v) is 4.39. The van der Waals surface area contributed by atoms with Gasteiger partial charge >= 0.3 is 0 Å². The lowest BCUT2D eigenvalue weighted by atomic mass is 10.2. The molecule has 31 heavy (non-hydrogen) atoms. The molecule has 0 atom stereocenters. The van der Waals surface area contributed by atoms with Crippen molar-refractivity contribution >= 4 is 34.0 Å². The summed E-state index contributed by atoms with van der Waals surface area (Å²) in [7, 11) is 0. The summed E-state index contributed by atoms with van der Waals surface area (Å²) >= 11 is 1.47. The number of rotatable bonds is 5. The number of amides is 1. The van der Waals surface area contributed by atoms with Crippen molar-refractivity contribution in [1.29, 1.82) is 0 Å². The number of carbonyl (C=O) groups is 1. The molecule has 1 aliphatic heterocycles. The molecule has 5 rings (SSSR count). The molecule has 1 amide bonds. The molecular formula is C23H23N5O2S. The number of nitrogens with one attached hydrogen (secondary N) is 2. The summed E-state index contributed by atoms with van der Waals surface area (Å²) in [6.45, 7) is 6.16. The Balaban J connectivity index is 1.28. The topological polar surface area (TPSA) is 83.1 Å². The first kappa shape index (κ1) is 19.9. The van der Waals surface area contributed by atoms with Gasteiger partial charge < -0.3 is 15.0 Å². The number of hydrogen-bond donors (Lipinski definition) is 2. The van der Waals surface area contributed by atoms with Crippen LogP contribution in [0.15, 0.2) is 47.8 Å². The number of fused-ring (bicyclic) bond motifs is 1. The molecule has 0 radical (unpaired) electrons. The van der Waals surface area contributed by atoms with Gasteiger partial charge in [0.15, 0.2) is 0 Å². The number of ether oxygens (including phenoxy) is 1. The van der Waals surface area contributed by atoms with Gasteiger partial charge in [-0.1, -0.05) is 29.8 Å². The number of imidazole rings is 1. The second kappa shape index (κ2) is 8.58. The first-order valence-electron chi connectivity index (χ1n) is 10.3. The van der Waals surface area contributed by atoms with Crippen LogP contribution in [0.4, 0.5) is 5.69 Å². The minimum Gasteiger partial charge on any atom is -0.379 e. The SMILES string of the molecule is Cc1ccc(-c2nc(C(=O)Nc3ccc4nc(CN5CCOCC5)[nH]c4c3)cs2)cc1. The van der Waals surface area contributed by atoms with E-state index in [0.717, 1.165) is 60.3 Å². The molecule has 158 valence electrons. The van der Waals surface area contributed by atoms with E-state index in [2.05, 4.69) is 25.2 Å². The van der Waals surface area contributed by atoms with Crippen molar-refractivity contribution in [1.82, 2.24) is 19.9 Å². The van der Waals surface area contributed by atoms with Gasteiger partial charge in [-0.3, -0.25) is 9.69 Å². The highest BCUT2D eigenvalue weighted by molar-refractivity contribution is 7.13. The Bertz CT molecular complexity index is 1210. The summed E-state index contributed by atoms with van der Waals surface area (Å²) in [4.78, 5) is 27.6. The van der Waals surface area contributed by atoms with E-state index in [1.807, 2.05) is 49.4 Å². The number of aromatic nitrogens is 3. The van der Waals surface area contributed by atoms with Crippen LogP contribution in [-0.4, -0.2) is 52.1 Å². The van der Waals surface area contributed by atoms with E-state index in [0.29, 0.717) is 11.4 Å². The second-order valence-corrected chi connectivity index (χ2v) is 8.52. The summed E-state index contributed by atoms with van der Waals surface area (Å²) in [5.41, 5.74) is 5.13. The Hall–Kier alpha value is -3.07. The monoisotopic (exact) mass is 433 g/mol. The number of nitrogens with zero attached hydrogens (tertiary/aromatic N) is 3. The van der Waals surface area contributed by atoms with Crippen LogP contribution in [0, 0.1) is 6.92 Å². The molecule has 1 aliphatic rings. The number of morpholine rings is 1. The number of anilines is 1. The van der Waals surface area contributed by atoms with Crippen LogP contribution in [-0.2, 0) is 11.3 Å². The Kier molecular flexibility index (Phi) is 5.50. The molecule has 2 aromatic heterocycles. The molecule has 2 N–H and O–H groups in total. The van der Waals surface area contributed by atoms with Crippen LogP contribution in [0.5, 0.6) is 0 Å². The zero-order chi connectivity index (χ0) is 21.2. The highest BCUT2D eigenvalue weighted by atomic mass is 32.1. The molecule has 1 fully saturated rings. The van der Waals surface area contributed by atoms with Crippen molar-refractivity contribution in [3.8, 4) is 10.6 Å². The van der Waals surface area contributed by atoms with Gasteiger partial charge in [0.1, 0.15) is 16.5 Å². The number of H-pyrrole nitrogens is 1. The van der Waals surface area contributed by atoms with E-state index in [9.17, 15) is 4.79 Å². The van der Waals surface area contributed by atoms with Crippen LogP contribution in [0.25, 0.3) is 21.6 Å². The molecule has 0 bridgehead atoms. The van der Waals surface area contributed by atoms with Crippen molar-refractivity contribution in [2.24, 2.45) is 0 Å². The minimum absolute atomic E-state index is 0.220. The summed E-state index contributed by atoms with van der Waals surface area (Å²) in [6.07, 6.45) is 0. The maximum Gasteiger partial charge on any atom is 0.275 e. The van der Waals surface area contributed by atoms with E-state index in [4.69, 9.17) is 4.74 Å². The van der Waals surface area contributed by atoms with Gasteiger partial charge in [0, 0.05) is 29.7 Å². The molecule has 0 aliphatic carbocycles. The molecule has 3 heterocycles. The standard InChI is InChI=1S/C23H23N5O2S/c1-15-2-4-16(5-3-15)23-27-20(14-31-23)22(29)24-17-6-7-18-19(12-17)26-21(25-18)13-28-8-10-30-11-9-28/h2-7,12,14H,8-11,13H2,1H3,(H,24,29)(H,25,26). The maximum atomic E-state index is 12.7. The van der Waals surface area contributed by atoms with Crippen LogP contribution < -0.4 is 5.32 Å². The maximum absolute atomic E-state index is 12.7. The average Bonchev–Trinajstić information content (AvgIpc) is 3.42. The lowest BCUT2D eigenvalue weighted by Gasteiger charge is -2.25. The van der Waals surface area contributed by atoms with E-state index >= 15 is 0 Å². The molecule has 7 nitrogen and oxygen atoms in total. The number of aromatic amines is 1. The molecule has 4 aromatic rings. The van der Waals surface area contributed by atoms with Gasteiger partial charge in [-0.05, 0) is 25.1 Å². The Morgan fingerprint density at radius 2 is 1.97 bits per heavy atom. The van der Waals surface area contributed by atoms with E-state index in [1.54, 1.807) is 5.38 Å². The normalized spacial score (nSPS) is 14.7. The van der Waals surface area contributed by atoms with Gasteiger partial charge in [-0.15, -0.1) is 11.3 Å². The lowest BCUT2D eigenvalue weighted by molar-refractivity contribution is 0.0332. The van der Waals surface area contributed by atoms with Gasteiger partial charge in [-0.25, -0.2) is 9.97 Å². The predicted molar refractivity (Wildman–Crippen MR) is 122 cm³/mol. The highest BCUT2D eigenvalue weighted by Gasteiger charge is 2.15. The van der Waals surface area contributed by atoms with Crippen LogP contribution >= 0.6 is 11.3 Å². The number of carbonyl (C=O) groups excluding carboxylic acids is 1. The van der Waals surface area contributed by atoms with Crippen molar-refractivity contribution in [3.05, 3.63) is 64.9 Å². The number of aryl methyl sites for hydroxylation is 1. The lowest BCUT2D eigenvalue weighted by Crippen LogP contribution is -2.35. The third kappa shape index (κ3) is 4.51. The van der Waals surface area contributed by atoms with E-state index in [1.165, 1.54) is 16.9 Å². The third-order valence-electron chi connectivity index (χ3n) is 5.30. The van der Waals surface area contributed by atoms with Gasteiger partial charge in [0.05, 0.1) is 30.8 Å². The fraction of sp³-hybridized carbons (Fsp3) is 0.261. The molecule has 0 unspecified atom stereocenters. The zero-order valence-corrected chi connectivity index (χ0v) is 18.0. The zero-order valence-electron chi connectivity index (χ0n) is 17.2. The second-order valence-electron chi connectivity index (χ2n) is 7.66. The Labute approximate surface area is 184 Å². The summed E-state index contributed by atoms with van der Waals surface area (Å²) in [6, 6.07) is 13.8. The Morgan fingerprint density at radius 3 is 2.77 bits per heavy atom.